The van der Waals surface area contributed by atoms with Crippen molar-refractivity contribution in [2.45, 2.75) is 0 Å². The highest BCUT2D eigenvalue weighted by Gasteiger charge is 2.15. The van der Waals surface area contributed by atoms with Crippen LogP contribution in [0.2, 0.25) is 0 Å². The lowest BCUT2D eigenvalue weighted by molar-refractivity contribution is 0.669. The number of furan rings is 1. The summed E-state index contributed by atoms with van der Waals surface area (Å²) >= 11 is 0. The van der Waals surface area contributed by atoms with Crippen LogP contribution >= 0.6 is 0 Å². The molecule has 234 valence electrons. The lowest BCUT2D eigenvalue weighted by Gasteiger charge is -2.26. The number of fused-ring (bicyclic) bond motifs is 8. The maximum absolute atomic E-state index is 9.47. The number of rotatable bonds is 5. The smallest absolute Gasteiger partial charge is 0.136 e. The molecular formula is C48H31NO. The zero-order valence-electron chi connectivity index (χ0n) is 37.4. The summed E-state index contributed by atoms with van der Waals surface area (Å²) in [7, 11) is 0. The first-order valence-corrected chi connectivity index (χ1v) is 16.2. The monoisotopic (exact) mass is 648 g/mol. The number of para-hydroxylation sites is 2. The summed E-state index contributed by atoms with van der Waals surface area (Å²) in [6.45, 7) is 0. The van der Waals surface area contributed by atoms with Crippen molar-refractivity contribution >= 4 is 71.3 Å². The van der Waals surface area contributed by atoms with E-state index < -0.39 is 18.1 Å². The largest absolute Gasteiger partial charge is 0.456 e. The second-order valence-corrected chi connectivity index (χ2v) is 12.1. The number of hydrogen-bond acceptors (Lipinski definition) is 2. The number of benzene rings is 9. The molecule has 0 aliphatic rings. The average molecular weight is 649 g/mol. The number of anilines is 3. The van der Waals surface area contributed by atoms with Gasteiger partial charge in [0.2, 0.25) is 0 Å². The first kappa shape index (κ1) is 19.4. The Labute approximate surface area is 305 Å². The van der Waals surface area contributed by atoms with Crippen LogP contribution in [0.25, 0.3) is 76.5 Å². The Bertz CT molecular complexity index is 3460. The minimum atomic E-state index is -0.503. The quantitative estimate of drug-likeness (QED) is 0.173. The van der Waals surface area contributed by atoms with Gasteiger partial charge in [-0.1, -0.05) is 127 Å². The predicted molar refractivity (Wildman–Crippen MR) is 212 cm³/mol. The van der Waals surface area contributed by atoms with Crippen LogP contribution in [-0.2, 0) is 0 Å². The van der Waals surface area contributed by atoms with Gasteiger partial charge in [-0.2, -0.15) is 0 Å². The molecule has 1 aromatic heterocycles. The van der Waals surface area contributed by atoms with Gasteiger partial charge in [0.1, 0.15) is 11.2 Å². The summed E-state index contributed by atoms with van der Waals surface area (Å²) < 4.78 is 101. The van der Waals surface area contributed by atoms with Gasteiger partial charge in [0, 0.05) is 27.8 Å². The molecule has 9 aromatic carbocycles. The van der Waals surface area contributed by atoms with Crippen LogP contribution < -0.4 is 4.90 Å². The fourth-order valence-corrected chi connectivity index (χ4v) is 6.92. The lowest BCUT2D eigenvalue weighted by atomic mass is 9.93. The van der Waals surface area contributed by atoms with Gasteiger partial charge in [0.25, 0.3) is 0 Å². The molecule has 0 aliphatic heterocycles. The van der Waals surface area contributed by atoms with Gasteiger partial charge in [-0.05, 0) is 115 Å². The fraction of sp³-hybridized carbons (Fsp3) is 0. The molecule has 10 rings (SSSR count). The van der Waals surface area contributed by atoms with Crippen LogP contribution in [0.15, 0.2) is 192 Å². The second kappa shape index (κ2) is 11.5. The Morgan fingerprint density at radius 2 is 1.10 bits per heavy atom. The van der Waals surface area contributed by atoms with Gasteiger partial charge in [0.05, 0.1) is 15.1 Å². The summed E-state index contributed by atoms with van der Waals surface area (Å²) in [6, 6.07) is 34.6. The van der Waals surface area contributed by atoms with E-state index in [0.29, 0.717) is 27.9 Å². The topological polar surface area (TPSA) is 16.4 Å². The normalized spacial score (nSPS) is 14.7. The van der Waals surface area contributed by atoms with Gasteiger partial charge in [-0.25, -0.2) is 0 Å². The van der Waals surface area contributed by atoms with E-state index in [4.69, 9.17) is 18.1 Å². The molecule has 10 aromatic rings. The van der Waals surface area contributed by atoms with Crippen molar-refractivity contribution in [1.82, 2.24) is 0 Å². The second-order valence-electron chi connectivity index (χ2n) is 12.1. The zero-order valence-corrected chi connectivity index (χ0v) is 26.4. The lowest BCUT2D eigenvalue weighted by Crippen LogP contribution is -2.09. The van der Waals surface area contributed by atoms with Crippen molar-refractivity contribution in [3.63, 3.8) is 0 Å². The van der Waals surface area contributed by atoms with Crippen molar-refractivity contribution in [3.8, 4) is 22.3 Å². The van der Waals surface area contributed by atoms with Crippen molar-refractivity contribution in [2.24, 2.45) is 0 Å². The van der Waals surface area contributed by atoms with Gasteiger partial charge >= 0.3 is 0 Å². The molecule has 0 unspecified atom stereocenters. The van der Waals surface area contributed by atoms with Crippen molar-refractivity contribution in [2.75, 3.05) is 4.90 Å². The molecular weight excluding hydrogens is 607 g/mol. The molecule has 0 bridgehead atoms. The maximum atomic E-state index is 9.47. The van der Waals surface area contributed by atoms with Crippen LogP contribution in [0, 0.1) is 0 Å². The molecule has 0 atom stereocenters. The van der Waals surface area contributed by atoms with Crippen LogP contribution in [0.3, 0.4) is 0 Å². The SMILES string of the molecule is [2H]c1cc2oc3c([2H])c([2H])c4ccc(-c5ccc(N(c6ccc(-c7cc8ccccc8c8ccccc78)cc6)c6c([2H])c([2H])c([2H])c([2H])c6[2H])cc5)c([2H])c4c3c2c([2H])c1[2H]. The Kier molecular flexibility index (Phi) is 4.46. The Balaban J connectivity index is 1.13. The van der Waals surface area contributed by atoms with E-state index in [9.17, 15) is 1.37 Å². The predicted octanol–water partition coefficient (Wildman–Crippen LogP) is 13.8. The third kappa shape index (κ3) is 4.65. The molecule has 1 heterocycles. The van der Waals surface area contributed by atoms with E-state index in [1.165, 1.54) is 6.07 Å². The first-order chi connectivity index (χ1) is 29.3. The molecule has 0 fully saturated rings. The Morgan fingerprint density at radius 1 is 0.420 bits per heavy atom. The zero-order chi connectivity index (χ0) is 42.6. The molecule has 0 N–H and O–H groups in total. The summed E-state index contributed by atoms with van der Waals surface area (Å²) in [5, 5.41) is 5.50. The molecule has 0 saturated heterocycles. The molecule has 0 amide bonds. The van der Waals surface area contributed by atoms with E-state index >= 15 is 0 Å². The third-order valence-corrected chi connectivity index (χ3v) is 9.26. The Hall–Kier alpha value is -6.64. The number of nitrogens with zero attached hydrogens (tertiary/aromatic N) is 1. The van der Waals surface area contributed by atoms with Gasteiger partial charge in [-0.3, -0.25) is 0 Å². The van der Waals surface area contributed by atoms with Crippen LogP contribution in [-0.4, -0.2) is 0 Å². The summed E-state index contributed by atoms with van der Waals surface area (Å²) in [4.78, 5) is 1.63. The molecule has 0 aliphatic carbocycles. The van der Waals surface area contributed by atoms with E-state index in [2.05, 4.69) is 30.3 Å². The molecule has 2 nitrogen and oxygen atoms in total. The van der Waals surface area contributed by atoms with E-state index in [1.54, 1.807) is 41.3 Å². The van der Waals surface area contributed by atoms with Crippen LogP contribution in [0.1, 0.15) is 15.1 Å². The van der Waals surface area contributed by atoms with Gasteiger partial charge < -0.3 is 9.32 Å². The highest BCUT2D eigenvalue weighted by molar-refractivity contribution is 6.19. The van der Waals surface area contributed by atoms with Crippen molar-refractivity contribution < 1.29 is 19.5 Å². The minimum Gasteiger partial charge on any atom is -0.456 e. The van der Waals surface area contributed by atoms with Crippen molar-refractivity contribution in [1.29, 1.82) is 0 Å². The minimum absolute atomic E-state index is 0.00100. The maximum Gasteiger partial charge on any atom is 0.136 e. The first-order valence-electron chi connectivity index (χ1n) is 21.7. The Morgan fingerprint density at radius 3 is 1.90 bits per heavy atom. The molecule has 0 saturated carbocycles. The highest BCUT2D eigenvalue weighted by Crippen LogP contribution is 2.40. The molecule has 50 heavy (non-hydrogen) atoms. The van der Waals surface area contributed by atoms with E-state index in [-0.39, 0.29) is 81.4 Å². The fourth-order valence-electron chi connectivity index (χ4n) is 6.92. The molecule has 0 spiro atoms. The highest BCUT2D eigenvalue weighted by atomic mass is 16.3. The van der Waals surface area contributed by atoms with Crippen LogP contribution in [0.4, 0.5) is 17.1 Å². The third-order valence-electron chi connectivity index (χ3n) is 9.26. The van der Waals surface area contributed by atoms with E-state index in [1.807, 2.05) is 48.5 Å². The number of hydrogen-bond donors (Lipinski definition) is 0. The van der Waals surface area contributed by atoms with Crippen LogP contribution in [0.5, 0.6) is 0 Å². The summed E-state index contributed by atoms with van der Waals surface area (Å²) in [5.74, 6) is 0. The molecule has 2 heteroatoms. The average Bonchev–Trinajstić information content (AvgIpc) is 3.66. The standard InChI is InChI=1S/C48H31NO/c1-2-11-37(12-3-1)49(39-27-22-33(23-28-39)44-31-36-10-4-5-13-40(36)41-14-6-7-15-42(41)44)38-25-20-32(21-26-38)35-19-18-34-24-29-47-48(45(34)30-35)43-16-8-9-17-46(43)50-47/h1-31H/i1D,2D,3D,8D,9D,11D,12D,16D,24D,29D,30D. The molecule has 0 radical (unpaired) electrons. The summed E-state index contributed by atoms with van der Waals surface area (Å²) in [5.41, 5.74) is 4.15. The van der Waals surface area contributed by atoms with E-state index in [0.717, 1.165) is 32.7 Å². The van der Waals surface area contributed by atoms with Gasteiger partial charge in [0.15, 0.2) is 0 Å². The van der Waals surface area contributed by atoms with Crippen molar-refractivity contribution in [3.05, 3.63) is 188 Å². The summed E-state index contributed by atoms with van der Waals surface area (Å²) in [6.07, 6.45) is 0. The van der Waals surface area contributed by atoms with Gasteiger partial charge in [-0.15, -0.1) is 0 Å².